The van der Waals surface area contributed by atoms with Crippen molar-refractivity contribution in [3.05, 3.63) is 64.6 Å². The molecule has 0 bridgehead atoms. The molecule has 0 atom stereocenters. The van der Waals surface area contributed by atoms with Crippen LogP contribution >= 0.6 is 11.6 Å². The molecule has 2 amide bonds. The van der Waals surface area contributed by atoms with Crippen LogP contribution in [-0.2, 0) is 10.9 Å². The fourth-order valence-corrected chi connectivity index (χ4v) is 3.58. The van der Waals surface area contributed by atoms with Gasteiger partial charge >= 0.3 is 12.3 Å². The number of pyridine rings is 2. The van der Waals surface area contributed by atoms with Crippen LogP contribution in [0.3, 0.4) is 0 Å². The van der Waals surface area contributed by atoms with E-state index in [1.165, 1.54) is 25.4 Å². The summed E-state index contributed by atoms with van der Waals surface area (Å²) in [6, 6.07) is 2.97. The van der Waals surface area contributed by atoms with Crippen molar-refractivity contribution in [3.63, 3.8) is 0 Å². The zero-order chi connectivity index (χ0) is 29.4. The van der Waals surface area contributed by atoms with Crippen LogP contribution in [-0.4, -0.2) is 52.3 Å². The number of nitrogens with one attached hydrogen (secondary N) is 2. The number of aryl methyl sites for hydroxylation is 1. The first-order valence-electron chi connectivity index (χ1n) is 11.3. The molecule has 4 aromatic heterocycles. The van der Waals surface area contributed by atoms with Gasteiger partial charge in [0.05, 0.1) is 40.6 Å². The summed E-state index contributed by atoms with van der Waals surface area (Å²) in [5.74, 6) is -3.31. The average molecular weight is 582 g/mol. The molecule has 40 heavy (non-hydrogen) atoms. The number of anilines is 2. The molecule has 12 nitrogen and oxygen atoms in total. The van der Waals surface area contributed by atoms with Crippen molar-refractivity contribution in [1.29, 1.82) is 0 Å². The van der Waals surface area contributed by atoms with Crippen molar-refractivity contribution in [3.8, 4) is 11.6 Å². The van der Waals surface area contributed by atoms with Crippen LogP contribution in [0, 0.1) is 12.7 Å². The van der Waals surface area contributed by atoms with Crippen molar-refractivity contribution in [2.24, 2.45) is 0 Å². The first-order valence-corrected chi connectivity index (χ1v) is 11.7. The molecule has 0 aliphatic heterocycles. The molecule has 0 unspecified atom stereocenters. The van der Waals surface area contributed by atoms with E-state index >= 15 is 0 Å². The molecule has 210 valence electrons. The fraction of sp³-hybridized carbons (Fsp3) is 0.261. The molecule has 0 fully saturated rings. The number of carbonyl (C=O) groups excluding carboxylic acids is 2. The Morgan fingerprint density at radius 3 is 2.33 bits per heavy atom. The first-order chi connectivity index (χ1) is 18.6. The van der Waals surface area contributed by atoms with Gasteiger partial charge in [-0.25, -0.2) is 23.8 Å². The molecule has 4 heterocycles. The second-order valence-electron chi connectivity index (χ2n) is 9.14. The molecule has 0 aromatic carbocycles. The number of ether oxygens (including phenoxy) is 1. The van der Waals surface area contributed by atoms with Crippen LogP contribution in [0.5, 0.6) is 0 Å². The number of alkyl halides is 3. The van der Waals surface area contributed by atoms with Crippen molar-refractivity contribution >= 4 is 35.1 Å². The zero-order valence-electron chi connectivity index (χ0n) is 21.2. The predicted octanol–water partition coefficient (Wildman–Crippen LogP) is 4.96. The van der Waals surface area contributed by atoms with Gasteiger partial charge in [-0.05, 0) is 45.9 Å². The van der Waals surface area contributed by atoms with Crippen molar-refractivity contribution in [1.82, 2.24) is 34.7 Å². The van der Waals surface area contributed by atoms with Crippen LogP contribution in [0.15, 0.2) is 36.8 Å². The van der Waals surface area contributed by atoms with Gasteiger partial charge in [-0.2, -0.15) is 28.5 Å². The minimum absolute atomic E-state index is 0.0179. The number of halogens is 5. The summed E-state index contributed by atoms with van der Waals surface area (Å²) in [5.41, 5.74) is -3.06. The fourth-order valence-electron chi connectivity index (χ4n) is 3.35. The van der Waals surface area contributed by atoms with E-state index in [-0.39, 0.29) is 22.2 Å². The van der Waals surface area contributed by atoms with E-state index in [1.807, 2.05) is 5.32 Å². The Kier molecular flexibility index (Phi) is 7.47. The number of amides is 2. The van der Waals surface area contributed by atoms with Gasteiger partial charge in [-0.3, -0.25) is 10.1 Å². The quantitative estimate of drug-likeness (QED) is 0.315. The zero-order valence-corrected chi connectivity index (χ0v) is 22.0. The number of hydrogen-bond acceptors (Lipinski definition) is 8. The number of nitrogens with zero attached hydrogens (tertiary/aromatic N) is 7. The van der Waals surface area contributed by atoms with E-state index in [2.05, 4.69) is 30.6 Å². The van der Waals surface area contributed by atoms with Gasteiger partial charge < -0.3 is 10.1 Å². The average Bonchev–Trinajstić information content (AvgIpc) is 3.52. The van der Waals surface area contributed by atoms with Crippen LogP contribution in [0.25, 0.3) is 11.6 Å². The summed E-state index contributed by atoms with van der Waals surface area (Å²) in [6.45, 7) is 6.19. The van der Waals surface area contributed by atoms with Crippen LogP contribution in [0.2, 0.25) is 5.02 Å². The smallest absolute Gasteiger partial charge is 0.434 e. The van der Waals surface area contributed by atoms with Crippen molar-refractivity contribution in [2.45, 2.75) is 39.5 Å². The van der Waals surface area contributed by atoms with E-state index in [4.69, 9.17) is 16.3 Å². The molecule has 4 rings (SSSR count). The highest BCUT2D eigenvalue weighted by Crippen LogP contribution is 2.34. The van der Waals surface area contributed by atoms with Crippen molar-refractivity contribution in [2.75, 3.05) is 10.6 Å². The molecular formula is C23H20ClF4N9O3. The maximum atomic E-state index is 14.3. The highest BCUT2D eigenvalue weighted by Gasteiger charge is 2.41. The summed E-state index contributed by atoms with van der Waals surface area (Å²) in [7, 11) is 0. The Morgan fingerprint density at radius 2 is 1.70 bits per heavy atom. The lowest BCUT2D eigenvalue weighted by molar-refractivity contribution is -0.143. The van der Waals surface area contributed by atoms with Crippen LogP contribution in [0.1, 0.15) is 42.5 Å². The number of rotatable bonds is 5. The molecule has 17 heteroatoms. The lowest BCUT2D eigenvalue weighted by atomic mass is 10.2. The van der Waals surface area contributed by atoms with E-state index in [9.17, 15) is 27.2 Å². The van der Waals surface area contributed by atoms with E-state index in [0.717, 1.165) is 16.9 Å². The summed E-state index contributed by atoms with van der Waals surface area (Å²) in [5, 5.41) is 15.9. The Hall–Kier alpha value is -4.60. The summed E-state index contributed by atoms with van der Waals surface area (Å²) in [4.78, 5) is 34.1. The minimum atomic E-state index is -5.10. The van der Waals surface area contributed by atoms with E-state index < -0.39 is 52.5 Å². The molecule has 4 aromatic rings. The van der Waals surface area contributed by atoms with Crippen molar-refractivity contribution < 1.29 is 31.9 Å². The number of hydrogen-bond donors (Lipinski definition) is 2. The Labute approximate surface area is 228 Å². The third kappa shape index (κ3) is 6.17. The molecule has 0 saturated carbocycles. The third-order valence-electron chi connectivity index (χ3n) is 4.95. The van der Waals surface area contributed by atoms with E-state index in [0.29, 0.717) is 10.9 Å². The topological polar surface area (TPSA) is 142 Å². The number of aromatic nitrogens is 7. The second kappa shape index (κ2) is 10.5. The standard InChI is InChI=1S/C23H20ClF4N9O3/c1-11-15(9-13(24)19(32-11)37-29-7-8-30-37)33-20(38)12-10-31-36(17(12)23(26,27)28)16-6-5-14(25)18(34-16)35-21(39)40-22(2,3)4/h5-10H,1-4H3,(H,33,38)(H,34,35,39). The van der Waals surface area contributed by atoms with E-state index in [1.54, 1.807) is 20.8 Å². The normalized spacial score (nSPS) is 11.8. The number of carbonyl (C=O) groups is 2. The monoisotopic (exact) mass is 581 g/mol. The molecule has 2 N–H and O–H groups in total. The van der Waals surface area contributed by atoms with Gasteiger partial charge in [0.25, 0.3) is 5.91 Å². The molecule has 0 aliphatic carbocycles. The lowest BCUT2D eigenvalue weighted by Crippen LogP contribution is -2.28. The van der Waals surface area contributed by atoms with Gasteiger partial charge in [0.1, 0.15) is 5.60 Å². The highest BCUT2D eigenvalue weighted by atomic mass is 35.5. The molecule has 0 spiro atoms. The lowest BCUT2D eigenvalue weighted by Gasteiger charge is -2.19. The van der Waals surface area contributed by atoms with Gasteiger partial charge in [0, 0.05) is 0 Å². The highest BCUT2D eigenvalue weighted by molar-refractivity contribution is 6.32. The SMILES string of the molecule is Cc1nc(-n2nccn2)c(Cl)cc1NC(=O)c1cnn(-c2ccc(F)c(NC(=O)OC(C)(C)C)n2)c1C(F)(F)F. The summed E-state index contributed by atoms with van der Waals surface area (Å²) in [6.07, 6.45) is -2.71. The Balaban J connectivity index is 1.67. The van der Waals surface area contributed by atoms with Crippen LogP contribution < -0.4 is 10.6 Å². The van der Waals surface area contributed by atoms with Gasteiger partial charge in [-0.1, -0.05) is 11.6 Å². The summed E-state index contributed by atoms with van der Waals surface area (Å²) >= 11 is 6.22. The van der Waals surface area contributed by atoms with Gasteiger partial charge in [-0.15, -0.1) is 4.80 Å². The van der Waals surface area contributed by atoms with Gasteiger partial charge in [0.15, 0.2) is 29.0 Å². The minimum Gasteiger partial charge on any atom is -0.444 e. The largest absolute Gasteiger partial charge is 0.444 e. The first kappa shape index (κ1) is 28.4. The maximum absolute atomic E-state index is 14.3. The van der Waals surface area contributed by atoms with Gasteiger partial charge in [0.2, 0.25) is 0 Å². The predicted molar refractivity (Wildman–Crippen MR) is 133 cm³/mol. The summed E-state index contributed by atoms with van der Waals surface area (Å²) < 4.78 is 62.2. The van der Waals surface area contributed by atoms with Crippen LogP contribution in [0.4, 0.5) is 33.9 Å². The maximum Gasteiger partial charge on any atom is 0.434 e. The molecular weight excluding hydrogens is 562 g/mol. The molecule has 0 aliphatic rings. The molecule has 0 saturated heterocycles. The Bertz CT molecular complexity index is 1580. The third-order valence-corrected chi connectivity index (χ3v) is 5.23. The molecule has 0 radical (unpaired) electrons. The Morgan fingerprint density at radius 1 is 1.02 bits per heavy atom. The second-order valence-corrected chi connectivity index (χ2v) is 9.55.